The average molecular weight is 266 g/mol. The topological polar surface area (TPSA) is 54.7 Å². The third-order valence-corrected chi connectivity index (χ3v) is 3.53. The summed E-state index contributed by atoms with van der Waals surface area (Å²) in [4.78, 5) is 13.7. The second kappa shape index (κ2) is 6.21. The molecule has 0 bridgehead atoms. The van der Waals surface area contributed by atoms with Gasteiger partial charge < -0.3 is 19.4 Å². The van der Waals surface area contributed by atoms with Crippen LogP contribution >= 0.6 is 0 Å². The number of carbonyl (C=O) groups is 1. The number of hydrogen-bond donors (Lipinski definition) is 1. The molecule has 5 heteroatoms. The molecule has 1 unspecified atom stereocenters. The maximum absolute atomic E-state index is 11.3. The van der Waals surface area contributed by atoms with E-state index in [0.29, 0.717) is 0 Å². The zero-order valence-electron chi connectivity index (χ0n) is 11.8. The lowest BCUT2D eigenvalue weighted by Crippen LogP contribution is -2.31. The van der Waals surface area contributed by atoms with Crippen LogP contribution < -0.4 is 5.32 Å². The molecule has 5 nitrogen and oxygen atoms in total. The van der Waals surface area contributed by atoms with Gasteiger partial charge in [-0.25, -0.2) is 4.79 Å². The first-order chi connectivity index (χ1) is 9.11. The lowest BCUT2D eigenvalue weighted by Gasteiger charge is -2.17. The third kappa shape index (κ3) is 3.81. The van der Waals surface area contributed by atoms with Gasteiger partial charge in [0.2, 0.25) is 5.76 Å². The molecule has 1 aliphatic rings. The molecule has 1 atom stereocenters. The number of carbonyl (C=O) groups excluding carboxylic acids is 1. The maximum atomic E-state index is 11.3. The predicted molar refractivity (Wildman–Crippen MR) is 72.1 cm³/mol. The van der Waals surface area contributed by atoms with Gasteiger partial charge >= 0.3 is 5.97 Å². The molecule has 1 fully saturated rings. The first kappa shape index (κ1) is 14.1. The highest BCUT2D eigenvalue weighted by atomic mass is 16.5. The number of hydrogen-bond acceptors (Lipinski definition) is 5. The van der Waals surface area contributed by atoms with Crippen molar-refractivity contribution in [3.8, 4) is 0 Å². The predicted octanol–water partition coefficient (Wildman–Crippen LogP) is 1.81. The Kier molecular flexibility index (Phi) is 4.61. The second-order valence-corrected chi connectivity index (χ2v) is 5.08. The van der Waals surface area contributed by atoms with E-state index in [1.807, 2.05) is 13.0 Å². The van der Waals surface area contributed by atoms with Gasteiger partial charge in [0.05, 0.1) is 13.2 Å². The Morgan fingerprint density at radius 3 is 2.95 bits per heavy atom. The Morgan fingerprint density at radius 2 is 2.32 bits per heavy atom. The van der Waals surface area contributed by atoms with Crippen LogP contribution in [0.5, 0.6) is 0 Å². The summed E-state index contributed by atoms with van der Waals surface area (Å²) in [5, 5.41) is 3.40. The number of methoxy groups -OCH3 is 1. The number of likely N-dealkylation sites (N-methyl/N-ethyl adjacent to an activating group) is 1. The summed E-state index contributed by atoms with van der Waals surface area (Å²) in [7, 11) is 3.51. The van der Waals surface area contributed by atoms with Gasteiger partial charge in [0.1, 0.15) is 5.76 Å². The molecule has 0 radical (unpaired) electrons. The summed E-state index contributed by atoms with van der Waals surface area (Å²) in [6, 6.07) is 4.34. The number of ether oxygens (including phenoxy) is 1. The van der Waals surface area contributed by atoms with Gasteiger partial charge in [0.15, 0.2) is 0 Å². The Bertz CT molecular complexity index is 426. The van der Waals surface area contributed by atoms with Crippen LogP contribution in [-0.4, -0.2) is 44.2 Å². The molecule has 0 saturated heterocycles. The molecule has 1 aromatic rings. The number of furan rings is 1. The molecule has 0 spiro atoms. The number of esters is 1. The van der Waals surface area contributed by atoms with Crippen LogP contribution in [-0.2, 0) is 4.74 Å². The Labute approximate surface area is 113 Å². The third-order valence-electron chi connectivity index (χ3n) is 3.53. The van der Waals surface area contributed by atoms with E-state index in [4.69, 9.17) is 4.42 Å². The van der Waals surface area contributed by atoms with E-state index in [2.05, 4.69) is 22.0 Å². The zero-order chi connectivity index (χ0) is 13.8. The minimum Gasteiger partial charge on any atom is -0.463 e. The smallest absolute Gasteiger partial charge is 0.373 e. The number of rotatable bonds is 7. The van der Waals surface area contributed by atoms with E-state index in [1.165, 1.54) is 20.0 Å². The highest BCUT2D eigenvalue weighted by Gasteiger charge is 2.25. The van der Waals surface area contributed by atoms with Gasteiger partial charge in [0.25, 0.3) is 0 Å². The monoisotopic (exact) mass is 266 g/mol. The van der Waals surface area contributed by atoms with Gasteiger partial charge in [-0.05, 0) is 38.9 Å². The molecule has 2 rings (SSSR count). The van der Waals surface area contributed by atoms with Crippen LogP contribution in [0.1, 0.15) is 42.1 Å². The summed E-state index contributed by atoms with van der Waals surface area (Å²) in [6.45, 7) is 3.96. The van der Waals surface area contributed by atoms with Crippen molar-refractivity contribution in [1.82, 2.24) is 10.2 Å². The van der Waals surface area contributed by atoms with E-state index < -0.39 is 5.97 Å². The lowest BCUT2D eigenvalue weighted by atomic mass is 10.2. The van der Waals surface area contributed by atoms with Crippen molar-refractivity contribution in [1.29, 1.82) is 0 Å². The molecule has 0 aliphatic heterocycles. The summed E-state index contributed by atoms with van der Waals surface area (Å²) in [5.41, 5.74) is 0. The molecule has 1 N–H and O–H groups in total. The van der Waals surface area contributed by atoms with Crippen LogP contribution in [0.4, 0.5) is 0 Å². The lowest BCUT2D eigenvalue weighted by molar-refractivity contribution is 0.0562. The fourth-order valence-corrected chi connectivity index (χ4v) is 2.05. The molecule has 0 aromatic carbocycles. The summed E-state index contributed by atoms with van der Waals surface area (Å²) >= 11 is 0. The van der Waals surface area contributed by atoms with Crippen molar-refractivity contribution in [2.45, 2.75) is 31.8 Å². The average Bonchev–Trinajstić information content (AvgIpc) is 3.14. The van der Waals surface area contributed by atoms with E-state index in [1.54, 1.807) is 6.07 Å². The highest BCUT2D eigenvalue weighted by molar-refractivity contribution is 5.86. The summed E-state index contributed by atoms with van der Waals surface area (Å²) < 4.78 is 10.1. The van der Waals surface area contributed by atoms with Crippen molar-refractivity contribution < 1.29 is 13.9 Å². The molecule has 106 valence electrons. The molecule has 1 saturated carbocycles. The molecule has 0 amide bonds. The fourth-order valence-electron chi connectivity index (χ4n) is 2.05. The van der Waals surface area contributed by atoms with Crippen molar-refractivity contribution in [2.75, 3.05) is 27.2 Å². The highest BCUT2D eigenvalue weighted by Crippen LogP contribution is 2.24. The van der Waals surface area contributed by atoms with Crippen LogP contribution in [0.25, 0.3) is 0 Å². The molecule has 19 heavy (non-hydrogen) atoms. The normalized spacial score (nSPS) is 16.6. The Morgan fingerprint density at radius 1 is 1.58 bits per heavy atom. The number of nitrogens with zero attached hydrogens (tertiary/aromatic N) is 1. The van der Waals surface area contributed by atoms with Gasteiger partial charge in [0, 0.05) is 19.1 Å². The van der Waals surface area contributed by atoms with Crippen LogP contribution in [0.15, 0.2) is 16.5 Å². The first-order valence-electron chi connectivity index (χ1n) is 6.73. The molecule has 1 heterocycles. The van der Waals surface area contributed by atoms with Crippen LogP contribution in [0.2, 0.25) is 0 Å². The van der Waals surface area contributed by atoms with E-state index in [0.717, 1.165) is 24.9 Å². The first-order valence-corrected chi connectivity index (χ1v) is 6.73. The van der Waals surface area contributed by atoms with Crippen LogP contribution in [0.3, 0.4) is 0 Å². The van der Waals surface area contributed by atoms with Crippen LogP contribution in [0, 0.1) is 0 Å². The minimum atomic E-state index is -0.438. The van der Waals surface area contributed by atoms with Crippen molar-refractivity contribution >= 4 is 5.97 Å². The minimum absolute atomic E-state index is 0.0889. The van der Waals surface area contributed by atoms with Gasteiger partial charge in [-0.2, -0.15) is 0 Å². The number of nitrogens with one attached hydrogen (secondary N) is 1. The SMILES string of the molecule is COC(=O)c1ccc(C(C)NCCN(C)C2CC2)o1. The van der Waals surface area contributed by atoms with E-state index in [-0.39, 0.29) is 11.8 Å². The summed E-state index contributed by atoms with van der Waals surface area (Å²) in [5.74, 6) is 0.572. The van der Waals surface area contributed by atoms with E-state index in [9.17, 15) is 4.79 Å². The molecular weight excluding hydrogens is 244 g/mol. The van der Waals surface area contributed by atoms with Crippen molar-refractivity contribution in [3.63, 3.8) is 0 Å². The second-order valence-electron chi connectivity index (χ2n) is 5.08. The van der Waals surface area contributed by atoms with E-state index >= 15 is 0 Å². The zero-order valence-corrected chi connectivity index (χ0v) is 11.8. The Balaban J connectivity index is 1.77. The summed E-state index contributed by atoms with van der Waals surface area (Å²) in [6.07, 6.45) is 2.65. The van der Waals surface area contributed by atoms with Crippen molar-refractivity contribution in [2.24, 2.45) is 0 Å². The molecule has 1 aromatic heterocycles. The molecule has 1 aliphatic carbocycles. The van der Waals surface area contributed by atoms with Gasteiger partial charge in [-0.15, -0.1) is 0 Å². The Hall–Kier alpha value is -1.33. The standard InChI is InChI=1S/C14H22N2O3/c1-10(15-8-9-16(2)11-4-5-11)12-6-7-13(19-12)14(17)18-3/h6-7,10-11,15H,4-5,8-9H2,1-3H3. The van der Waals surface area contributed by atoms with Gasteiger partial charge in [-0.1, -0.05) is 0 Å². The largest absolute Gasteiger partial charge is 0.463 e. The van der Waals surface area contributed by atoms with Gasteiger partial charge in [-0.3, -0.25) is 0 Å². The maximum Gasteiger partial charge on any atom is 0.373 e. The van der Waals surface area contributed by atoms with Crippen molar-refractivity contribution in [3.05, 3.63) is 23.7 Å². The molecular formula is C14H22N2O3. The fraction of sp³-hybridized carbons (Fsp3) is 0.643. The quantitative estimate of drug-likeness (QED) is 0.763.